The van der Waals surface area contributed by atoms with Gasteiger partial charge in [0.05, 0.1) is 17.4 Å². The zero-order valence-electron chi connectivity index (χ0n) is 16.0. The number of benzene rings is 2. The molecule has 0 aliphatic rings. The van der Waals surface area contributed by atoms with Gasteiger partial charge in [0, 0.05) is 16.6 Å². The van der Waals surface area contributed by atoms with Crippen LogP contribution >= 0.6 is 34.7 Å². The van der Waals surface area contributed by atoms with Crippen molar-refractivity contribution in [1.29, 1.82) is 0 Å². The van der Waals surface area contributed by atoms with Gasteiger partial charge in [0.15, 0.2) is 16.7 Å². The molecular weight excluding hydrogens is 440 g/mol. The summed E-state index contributed by atoms with van der Waals surface area (Å²) in [7, 11) is 0. The number of thioether (sulfide) groups is 1. The molecule has 0 unspecified atom stereocenters. The Morgan fingerprint density at radius 1 is 1.13 bits per heavy atom. The van der Waals surface area contributed by atoms with E-state index in [0.717, 1.165) is 16.3 Å². The summed E-state index contributed by atoms with van der Waals surface area (Å²) in [5.41, 5.74) is 2.08. The van der Waals surface area contributed by atoms with E-state index in [1.165, 1.54) is 23.1 Å². The first kappa shape index (κ1) is 20.6. The van der Waals surface area contributed by atoms with E-state index in [9.17, 15) is 4.79 Å². The Morgan fingerprint density at radius 3 is 2.67 bits per heavy atom. The fourth-order valence-electron chi connectivity index (χ4n) is 2.79. The molecule has 0 saturated heterocycles. The van der Waals surface area contributed by atoms with Crippen molar-refractivity contribution in [3.8, 4) is 17.1 Å². The van der Waals surface area contributed by atoms with Crippen LogP contribution < -0.4 is 0 Å². The standard InChI is InChI=1S/C21H17ClN4O2S2/c1-2-28-20(27)17-12-29-18(23-17)13-30-21-25-24-19(15-10-6-7-11-16(15)22)26(21)14-8-4-3-5-9-14/h3-12H,2,13H2,1H3. The minimum absolute atomic E-state index is 0.325. The van der Waals surface area contributed by atoms with Gasteiger partial charge in [0.2, 0.25) is 0 Å². The van der Waals surface area contributed by atoms with Crippen LogP contribution in [0.3, 0.4) is 0 Å². The zero-order chi connectivity index (χ0) is 20.9. The summed E-state index contributed by atoms with van der Waals surface area (Å²) < 4.78 is 6.98. The molecule has 30 heavy (non-hydrogen) atoms. The first-order valence-corrected chi connectivity index (χ1v) is 11.4. The number of esters is 1. The van der Waals surface area contributed by atoms with Crippen LogP contribution in [0.1, 0.15) is 22.4 Å². The van der Waals surface area contributed by atoms with Crippen molar-refractivity contribution in [3.63, 3.8) is 0 Å². The topological polar surface area (TPSA) is 69.9 Å². The molecule has 0 N–H and O–H groups in total. The Hall–Kier alpha value is -2.68. The highest BCUT2D eigenvalue weighted by Gasteiger charge is 2.19. The molecule has 2 aromatic carbocycles. The number of rotatable bonds is 7. The maximum Gasteiger partial charge on any atom is 0.357 e. The summed E-state index contributed by atoms with van der Waals surface area (Å²) >= 11 is 9.33. The lowest BCUT2D eigenvalue weighted by Gasteiger charge is -2.10. The lowest BCUT2D eigenvalue weighted by molar-refractivity contribution is 0.0520. The molecule has 2 aromatic heterocycles. The molecule has 0 bridgehead atoms. The van der Waals surface area contributed by atoms with Crippen LogP contribution in [-0.4, -0.2) is 32.3 Å². The van der Waals surface area contributed by atoms with Crippen molar-refractivity contribution in [1.82, 2.24) is 19.7 Å². The van der Waals surface area contributed by atoms with Crippen LogP contribution in [-0.2, 0) is 10.5 Å². The molecule has 0 radical (unpaired) electrons. The smallest absolute Gasteiger partial charge is 0.357 e. The Labute approximate surface area is 186 Å². The van der Waals surface area contributed by atoms with Gasteiger partial charge in [-0.25, -0.2) is 9.78 Å². The fraction of sp³-hybridized carbons (Fsp3) is 0.143. The fourth-order valence-corrected chi connectivity index (χ4v) is 4.75. The number of para-hydroxylation sites is 1. The SMILES string of the molecule is CCOC(=O)c1csc(CSc2nnc(-c3ccccc3Cl)n2-c2ccccc2)n1. The van der Waals surface area contributed by atoms with Crippen LogP contribution in [0.2, 0.25) is 5.02 Å². The van der Waals surface area contributed by atoms with E-state index in [1.807, 2.05) is 59.2 Å². The van der Waals surface area contributed by atoms with Crippen molar-refractivity contribution in [3.05, 3.63) is 75.7 Å². The van der Waals surface area contributed by atoms with E-state index in [1.54, 1.807) is 12.3 Å². The molecular formula is C21H17ClN4O2S2. The van der Waals surface area contributed by atoms with E-state index in [4.69, 9.17) is 16.3 Å². The molecule has 0 amide bonds. The van der Waals surface area contributed by atoms with Gasteiger partial charge in [-0.2, -0.15) is 0 Å². The summed E-state index contributed by atoms with van der Waals surface area (Å²) in [6, 6.07) is 17.4. The summed E-state index contributed by atoms with van der Waals surface area (Å²) in [5, 5.41) is 12.7. The molecule has 0 saturated carbocycles. The molecule has 2 heterocycles. The Bertz CT molecular complexity index is 1160. The average Bonchev–Trinajstić information content (AvgIpc) is 3.41. The molecule has 0 fully saturated rings. The maximum atomic E-state index is 11.8. The predicted molar refractivity (Wildman–Crippen MR) is 119 cm³/mol. The highest BCUT2D eigenvalue weighted by Crippen LogP contribution is 2.33. The van der Waals surface area contributed by atoms with Gasteiger partial charge >= 0.3 is 5.97 Å². The predicted octanol–water partition coefficient (Wildman–Crippen LogP) is 5.51. The van der Waals surface area contributed by atoms with Crippen molar-refractivity contribution in [2.75, 3.05) is 6.61 Å². The monoisotopic (exact) mass is 456 g/mol. The number of halogens is 1. The Balaban J connectivity index is 1.64. The van der Waals surface area contributed by atoms with Gasteiger partial charge < -0.3 is 4.74 Å². The second kappa shape index (κ2) is 9.42. The summed E-state index contributed by atoms with van der Waals surface area (Å²) in [6.07, 6.45) is 0. The minimum Gasteiger partial charge on any atom is -0.461 e. The number of nitrogens with zero attached hydrogens (tertiary/aromatic N) is 4. The molecule has 6 nitrogen and oxygen atoms in total. The van der Waals surface area contributed by atoms with Gasteiger partial charge in [-0.3, -0.25) is 4.57 Å². The zero-order valence-corrected chi connectivity index (χ0v) is 18.4. The molecule has 0 aliphatic heterocycles. The summed E-state index contributed by atoms with van der Waals surface area (Å²) in [6.45, 7) is 2.10. The highest BCUT2D eigenvalue weighted by molar-refractivity contribution is 7.98. The molecule has 0 aliphatic carbocycles. The quantitative estimate of drug-likeness (QED) is 0.269. The van der Waals surface area contributed by atoms with E-state index in [0.29, 0.717) is 34.1 Å². The van der Waals surface area contributed by atoms with E-state index in [2.05, 4.69) is 15.2 Å². The van der Waals surface area contributed by atoms with Crippen LogP contribution in [0, 0.1) is 0 Å². The number of thiazole rings is 1. The van der Waals surface area contributed by atoms with Gasteiger partial charge in [0.1, 0.15) is 5.01 Å². The van der Waals surface area contributed by atoms with Crippen molar-refractivity contribution in [2.24, 2.45) is 0 Å². The van der Waals surface area contributed by atoms with E-state index in [-0.39, 0.29) is 0 Å². The third kappa shape index (κ3) is 4.40. The third-order valence-electron chi connectivity index (χ3n) is 4.12. The third-order valence-corrected chi connectivity index (χ3v) is 6.42. The van der Waals surface area contributed by atoms with Crippen LogP contribution in [0.4, 0.5) is 0 Å². The van der Waals surface area contributed by atoms with Crippen molar-refractivity contribution in [2.45, 2.75) is 17.8 Å². The van der Waals surface area contributed by atoms with Crippen LogP contribution in [0.25, 0.3) is 17.1 Å². The lowest BCUT2D eigenvalue weighted by Crippen LogP contribution is -2.05. The van der Waals surface area contributed by atoms with Crippen LogP contribution in [0.5, 0.6) is 0 Å². The maximum absolute atomic E-state index is 11.8. The molecule has 152 valence electrons. The molecule has 4 rings (SSSR count). The van der Waals surface area contributed by atoms with Gasteiger partial charge in [0.25, 0.3) is 0 Å². The lowest BCUT2D eigenvalue weighted by atomic mass is 10.2. The Morgan fingerprint density at radius 2 is 1.90 bits per heavy atom. The number of carbonyl (C=O) groups is 1. The first-order chi connectivity index (χ1) is 14.7. The Kier molecular flexibility index (Phi) is 6.47. The largest absolute Gasteiger partial charge is 0.461 e. The summed E-state index contributed by atoms with van der Waals surface area (Å²) in [4.78, 5) is 16.2. The van der Waals surface area contributed by atoms with Gasteiger partial charge in [-0.15, -0.1) is 21.5 Å². The second-order valence-electron chi connectivity index (χ2n) is 6.09. The number of aromatic nitrogens is 4. The molecule has 0 atom stereocenters. The van der Waals surface area contributed by atoms with Crippen molar-refractivity contribution < 1.29 is 9.53 Å². The van der Waals surface area contributed by atoms with Gasteiger partial charge in [-0.1, -0.05) is 53.7 Å². The normalized spacial score (nSPS) is 10.9. The van der Waals surface area contributed by atoms with Crippen LogP contribution in [0.15, 0.2) is 65.1 Å². The first-order valence-electron chi connectivity index (χ1n) is 9.17. The van der Waals surface area contributed by atoms with Gasteiger partial charge in [-0.05, 0) is 31.2 Å². The number of hydrogen-bond acceptors (Lipinski definition) is 7. The van der Waals surface area contributed by atoms with E-state index >= 15 is 0 Å². The van der Waals surface area contributed by atoms with Crippen molar-refractivity contribution >= 4 is 40.7 Å². The summed E-state index contributed by atoms with van der Waals surface area (Å²) in [5.74, 6) is 0.816. The molecule has 9 heteroatoms. The number of hydrogen-bond donors (Lipinski definition) is 0. The second-order valence-corrected chi connectivity index (χ2v) is 8.38. The number of ether oxygens (including phenoxy) is 1. The highest BCUT2D eigenvalue weighted by atomic mass is 35.5. The molecule has 0 spiro atoms. The molecule has 4 aromatic rings. The number of carbonyl (C=O) groups excluding carboxylic acids is 1. The minimum atomic E-state index is -0.404. The average molecular weight is 457 g/mol. The van der Waals surface area contributed by atoms with E-state index < -0.39 is 5.97 Å².